The molecule has 0 radical (unpaired) electrons. The van der Waals surface area contributed by atoms with Crippen molar-refractivity contribution in [2.24, 2.45) is 5.92 Å². The first-order valence-electron chi connectivity index (χ1n) is 5.62. The predicted molar refractivity (Wildman–Crippen MR) is 54.9 cm³/mol. The molecule has 5 nitrogen and oxygen atoms in total. The molecule has 2 fully saturated rings. The second-order valence-corrected chi connectivity index (χ2v) is 5.04. The average Bonchev–Trinajstić information content (AvgIpc) is 2.70. The molecule has 0 saturated carbocycles. The van der Waals surface area contributed by atoms with Gasteiger partial charge in [-0.05, 0) is 5.92 Å². The Morgan fingerprint density at radius 1 is 1.50 bits per heavy atom. The second kappa shape index (κ2) is 4.07. The fraction of sp³-hybridized carbons (Fsp3) is 0.909. The summed E-state index contributed by atoms with van der Waals surface area (Å²) in [4.78, 5) is 11.9. The van der Waals surface area contributed by atoms with Crippen molar-refractivity contribution in [1.82, 2.24) is 0 Å². The Labute approximate surface area is 94.4 Å². The zero-order valence-corrected chi connectivity index (χ0v) is 9.55. The second-order valence-electron chi connectivity index (χ2n) is 5.04. The van der Waals surface area contributed by atoms with Gasteiger partial charge in [0, 0.05) is 6.42 Å². The first-order chi connectivity index (χ1) is 7.45. The van der Waals surface area contributed by atoms with Gasteiger partial charge in [0.2, 0.25) is 0 Å². The fourth-order valence-corrected chi connectivity index (χ4v) is 2.29. The lowest BCUT2D eigenvalue weighted by molar-refractivity contribution is -0.148. The topological polar surface area (TPSA) is 76.0 Å². The maximum absolute atomic E-state index is 11.9. The number of fused-ring (bicyclic) bond motifs is 1. The van der Waals surface area contributed by atoms with Crippen LogP contribution in [0.15, 0.2) is 0 Å². The SMILES string of the molecule is CC(C)CC(=O)[C@]1(O)CO[C@@H]2[C@H](O)CO[C@@H]21. The van der Waals surface area contributed by atoms with Crippen LogP contribution in [0, 0.1) is 5.92 Å². The van der Waals surface area contributed by atoms with E-state index in [1.54, 1.807) is 0 Å². The number of ether oxygens (including phenoxy) is 2. The average molecular weight is 230 g/mol. The molecule has 0 aliphatic carbocycles. The molecule has 0 bridgehead atoms. The Kier molecular flexibility index (Phi) is 3.05. The molecule has 0 aromatic rings. The Hall–Kier alpha value is -0.490. The van der Waals surface area contributed by atoms with Gasteiger partial charge in [-0.25, -0.2) is 0 Å². The molecule has 2 N–H and O–H groups in total. The highest BCUT2D eigenvalue weighted by molar-refractivity contribution is 5.88. The number of aliphatic hydroxyl groups is 2. The van der Waals surface area contributed by atoms with Crippen LogP contribution in [0.3, 0.4) is 0 Å². The molecule has 2 heterocycles. The predicted octanol–water partition coefficient (Wildman–Crippen LogP) is -0.509. The van der Waals surface area contributed by atoms with Crippen LogP contribution in [0.25, 0.3) is 0 Å². The maximum atomic E-state index is 11.9. The summed E-state index contributed by atoms with van der Waals surface area (Å²) in [6.07, 6.45) is -1.73. The molecule has 0 unspecified atom stereocenters. The van der Waals surface area contributed by atoms with Crippen molar-refractivity contribution in [3.63, 3.8) is 0 Å². The van der Waals surface area contributed by atoms with E-state index in [0.717, 1.165) is 0 Å². The molecular formula is C11H18O5. The van der Waals surface area contributed by atoms with Crippen LogP contribution in [-0.2, 0) is 14.3 Å². The molecule has 0 aromatic heterocycles. The van der Waals surface area contributed by atoms with Gasteiger partial charge in [0.15, 0.2) is 11.4 Å². The van der Waals surface area contributed by atoms with Gasteiger partial charge in [-0.15, -0.1) is 0 Å². The zero-order chi connectivity index (χ0) is 11.9. The molecular weight excluding hydrogens is 212 g/mol. The van der Waals surface area contributed by atoms with Gasteiger partial charge in [-0.2, -0.15) is 0 Å². The standard InChI is InChI=1S/C11H18O5/c1-6(2)3-8(13)11(14)5-16-9-7(12)4-15-10(9)11/h6-7,9-10,12,14H,3-5H2,1-2H3/t7-,9-,10+,11-/m1/s1. The number of rotatable bonds is 3. The third-order valence-corrected chi connectivity index (χ3v) is 3.17. The molecule has 2 saturated heterocycles. The summed E-state index contributed by atoms with van der Waals surface area (Å²) in [7, 11) is 0. The lowest BCUT2D eigenvalue weighted by Crippen LogP contribution is -2.50. The van der Waals surface area contributed by atoms with Crippen LogP contribution in [-0.4, -0.2) is 53.1 Å². The van der Waals surface area contributed by atoms with E-state index in [4.69, 9.17) is 9.47 Å². The number of hydrogen-bond acceptors (Lipinski definition) is 5. The normalized spacial score (nSPS) is 42.7. The van der Waals surface area contributed by atoms with Gasteiger partial charge >= 0.3 is 0 Å². The van der Waals surface area contributed by atoms with Crippen molar-refractivity contribution in [1.29, 1.82) is 0 Å². The molecule has 0 aromatic carbocycles. The van der Waals surface area contributed by atoms with Gasteiger partial charge in [0.1, 0.15) is 18.3 Å². The molecule has 4 atom stereocenters. The van der Waals surface area contributed by atoms with Crippen LogP contribution in [0.5, 0.6) is 0 Å². The highest BCUT2D eigenvalue weighted by Gasteiger charge is 2.59. The van der Waals surface area contributed by atoms with E-state index in [1.807, 2.05) is 13.8 Å². The first-order valence-corrected chi connectivity index (χ1v) is 5.62. The molecule has 16 heavy (non-hydrogen) atoms. The quantitative estimate of drug-likeness (QED) is 0.683. The van der Waals surface area contributed by atoms with Gasteiger partial charge in [0.25, 0.3) is 0 Å². The fourth-order valence-electron chi connectivity index (χ4n) is 2.29. The summed E-state index contributed by atoms with van der Waals surface area (Å²) in [6, 6.07) is 0. The van der Waals surface area contributed by atoms with Crippen molar-refractivity contribution in [3.05, 3.63) is 0 Å². The molecule has 2 aliphatic heterocycles. The Morgan fingerprint density at radius 3 is 2.81 bits per heavy atom. The van der Waals surface area contributed by atoms with E-state index in [9.17, 15) is 15.0 Å². The molecule has 2 rings (SSSR count). The minimum Gasteiger partial charge on any atom is -0.388 e. The number of carbonyl (C=O) groups excluding carboxylic acids is 1. The Bertz CT molecular complexity index is 290. The summed E-state index contributed by atoms with van der Waals surface area (Å²) in [5, 5.41) is 19.8. The lowest BCUT2D eigenvalue weighted by Gasteiger charge is -2.25. The van der Waals surface area contributed by atoms with Crippen LogP contribution < -0.4 is 0 Å². The first kappa shape index (κ1) is 12.0. The number of carbonyl (C=O) groups is 1. The van der Waals surface area contributed by atoms with E-state index >= 15 is 0 Å². The third kappa shape index (κ3) is 1.78. The van der Waals surface area contributed by atoms with Crippen LogP contribution in [0.1, 0.15) is 20.3 Å². The Balaban J connectivity index is 2.11. The minimum absolute atomic E-state index is 0.0784. The van der Waals surface area contributed by atoms with Crippen molar-refractivity contribution >= 4 is 5.78 Å². The summed E-state index contributed by atoms with van der Waals surface area (Å²) < 4.78 is 10.5. The molecule has 92 valence electrons. The van der Waals surface area contributed by atoms with Crippen molar-refractivity contribution in [2.45, 2.75) is 44.2 Å². The van der Waals surface area contributed by atoms with E-state index in [0.29, 0.717) is 6.42 Å². The highest BCUT2D eigenvalue weighted by atomic mass is 16.6. The minimum atomic E-state index is -1.58. The number of hydrogen-bond donors (Lipinski definition) is 2. The summed E-state index contributed by atoms with van der Waals surface area (Å²) in [5.41, 5.74) is -1.58. The Morgan fingerprint density at radius 2 is 2.19 bits per heavy atom. The molecule has 5 heteroatoms. The largest absolute Gasteiger partial charge is 0.388 e. The molecule has 0 spiro atoms. The van der Waals surface area contributed by atoms with E-state index in [1.165, 1.54) is 0 Å². The summed E-state index contributed by atoms with van der Waals surface area (Å²) in [5.74, 6) is -0.0778. The van der Waals surface area contributed by atoms with Gasteiger partial charge in [-0.3, -0.25) is 4.79 Å². The molecule has 0 amide bonds. The van der Waals surface area contributed by atoms with Gasteiger partial charge in [-0.1, -0.05) is 13.8 Å². The number of Topliss-reactive ketones (excluding diaryl/α,β-unsaturated/α-hetero) is 1. The van der Waals surface area contributed by atoms with E-state index in [2.05, 4.69) is 0 Å². The smallest absolute Gasteiger partial charge is 0.175 e. The number of aliphatic hydroxyl groups excluding tert-OH is 1. The summed E-state index contributed by atoms with van der Waals surface area (Å²) >= 11 is 0. The van der Waals surface area contributed by atoms with Gasteiger partial charge in [0.05, 0.1) is 13.2 Å². The van der Waals surface area contributed by atoms with Gasteiger partial charge < -0.3 is 19.7 Å². The zero-order valence-electron chi connectivity index (χ0n) is 9.55. The van der Waals surface area contributed by atoms with Crippen LogP contribution in [0.2, 0.25) is 0 Å². The van der Waals surface area contributed by atoms with Crippen molar-refractivity contribution in [2.75, 3.05) is 13.2 Å². The monoisotopic (exact) mass is 230 g/mol. The highest BCUT2D eigenvalue weighted by Crippen LogP contribution is 2.35. The van der Waals surface area contributed by atoms with Crippen molar-refractivity contribution < 1.29 is 24.5 Å². The lowest BCUT2D eigenvalue weighted by atomic mass is 9.87. The summed E-state index contributed by atoms with van der Waals surface area (Å²) in [6.45, 7) is 3.87. The van der Waals surface area contributed by atoms with E-state index in [-0.39, 0.29) is 24.9 Å². The number of ketones is 1. The van der Waals surface area contributed by atoms with Crippen LogP contribution >= 0.6 is 0 Å². The van der Waals surface area contributed by atoms with Crippen LogP contribution in [0.4, 0.5) is 0 Å². The van der Waals surface area contributed by atoms with E-state index < -0.39 is 23.9 Å². The molecule has 2 aliphatic rings. The maximum Gasteiger partial charge on any atom is 0.175 e. The van der Waals surface area contributed by atoms with Crippen molar-refractivity contribution in [3.8, 4) is 0 Å². The third-order valence-electron chi connectivity index (χ3n) is 3.17.